The summed E-state index contributed by atoms with van der Waals surface area (Å²) in [5.41, 5.74) is 1.33. The zero-order valence-corrected chi connectivity index (χ0v) is 12.7. The fourth-order valence-corrected chi connectivity index (χ4v) is 2.58. The molecule has 1 aliphatic heterocycles. The van der Waals surface area contributed by atoms with E-state index in [1.165, 1.54) is 0 Å². The zero-order valence-electron chi connectivity index (χ0n) is 11.2. The van der Waals surface area contributed by atoms with Crippen LogP contribution in [0.5, 0.6) is 5.75 Å². The Hall–Kier alpha value is -2.24. The van der Waals surface area contributed by atoms with E-state index in [9.17, 15) is 9.59 Å². The van der Waals surface area contributed by atoms with E-state index in [0.29, 0.717) is 32.7 Å². The Morgan fingerprint density at radius 2 is 1.86 bits per heavy atom. The average molecular weight is 337 g/mol. The monoisotopic (exact) mass is 336 g/mol. The third-order valence-corrected chi connectivity index (χ3v) is 3.43. The highest BCUT2D eigenvalue weighted by molar-refractivity contribution is 6.35. The highest BCUT2D eigenvalue weighted by Crippen LogP contribution is 2.29. The molecule has 0 atom stereocenters. The molecule has 3 rings (SSSR count). The van der Waals surface area contributed by atoms with E-state index >= 15 is 0 Å². The molecule has 22 heavy (non-hydrogen) atoms. The van der Waals surface area contributed by atoms with Crippen molar-refractivity contribution in [3.8, 4) is 5.75 Å². The molecule has 0 fully saturated rings. The zero-order chi connectivity index (χ0) is 15.7. The van der Waals surface area contributed by atoms with Crippen LogP contribution >= 0.6 is 23.2 Å². The van der Waals surface area contributed by atoms with Gasteiger partial charge in [0.1, 0.15) is 5.75 Å². The van der Waals surface area contributed by atoms with Crippen molar-refractivity contribution in [1.29, 1.82) is 0 Å². The molecule has 2 N–H and O–H groups in total. The molecular formula is C15H10Cl2N2O3. The first-order valence-corrected chi connectivity index (χ1v) is 7.11. The van der Waals surface area contributed by atoms with Crippen LogP contribution in [0.4, 0.5) is 11.4 Å². The van der Waals surface area contributed by atoms with Gasteiger partial charge in [-0.2, -0.15) is 0 Å². The molecule has 2 aromatic rings. The number of anilines is 2. The van der Waals surface area contributed by atoms with Crippen LogP contribution in [-0.2, 0) is 4.79 Å². The molecule has 0 saturated carbocycles. The first kappa shape index (κ1) is 14.7. The number of hydrogen-bond acceptors (Lipinski definition) is 3. The second-order valence-corrected chi connectivity index (χ2v) is 5.53. The molecule has 0 unspecified atom stereocenters. The van der Waals surface area contributed by atoms with Gasteiger partial charge in [0.2, 0.25) is 0 Å². The fourth-order valence-electron chi connectivity index (χ4n) is 2.05. The minimum absolute atomic E-state index is 0.0282. The molecular weight excluding hydrogens is 327 g/mol. The number of carbonyl (C=O) groups excluding carboxylic acids is 2. The molecule has 5 nitrogen and oxygen atoms in total. The molecule has 2 amide bonds. The standard InChI is InChI=1S/C15H10Cl2N2O3/c16-9-4-10(17)6-11(5-9)18-15(21)8-1-2-13-12(3-8)19-14(20)7-22-13/h1-6H,7H2,(H,18,21)(H,19,20). The molecule has 0 radical (unpaired) electrons. The van der Waals surface area contributed by atoms with Crippen molar-refractivity contribution in [3.63, 3.8) is 0 Å². The van der Waals surface area contributed by atoms with Gasteiger partial charge in [0.05, 0.1) is 5.69 Å². The first-order valence-electron chi connectivity index (χ1n) is 6.35. The second kappa shape index (κ2) is 5.87. The second-order valence-electron chi connectivity index (χ2n) is 4.66. The summed E-state index contributed by atoms with van der Waals surface area (Å²) in [4.78, 5) is 23.6. The molecule has 0 spiro atoms. The van der Waals surface area contributed by atoms with Crippen LogP contribution in [0, 0.1) is 0 Å². The van der Waals surface area contributed by atoms with Gasteiger partial charge in [0.25, 0.3) is 11.8 Å². The summed E-state index contributed by atoms with van der Waals surface area (Å²) in [7, 11) is 0. The van der Waals surface area contributed by atoms with Crippen LogP contribution in [0.1, 0.15) is 10.4 Å². The van der Waals surface area contributed by atoms with Gasteiger partial charge in [0.15, 0.2) is 6.61 Å². The third kappa shape index (κ3) is 3.16. The van der Waals surface area contributed by atoms with Crippen molar-refractivity contribution in [2.45, 2.75) is 0 Å². The number of rotatable bonds is 2. The molecule has 1 aliphatic rings. The highest BCUT2D eigenvalue weighted by Gasteiger charge is 2.18. The van der Waals surface area contributed by atoms with Crippen molar-refractivity contribution < 1.29 is 14.3 Å². The minimum Gasteiger partial charge on any atom is -0.482 e. The van der Waals surface area contributed by atoms with Crippen LogP contribution in [-0.4, -0.2) is 18.4 Å². The van der Waals surface area contributed by atoms with Crippen LogP contribution < -0.4 is 15.4 Å². The summed E-state index contributed by atoms with van der Waals surface area (Å²) in [5.74, 6) is -0.0745. The number of carbonyl (C=O) groups is 2. The average Bonchev–Trinajstić information content (AvgIpc) is 2.45. The lowest BCUT2D eigenvalue weighted by molar-refractivity contribution is -0.118. The van der Waals surface area contributed by atoms with E-state index in [1.54, 1.807) is 36.4 Å². The summed E-state index contributed by atoms with van der Waals surface area (Å²) in [6.07, 6.45) is 0. The van der Waals surface area contributed by atoms with Crippen molar-refractivity contribution in [2.75, 3.05) is 17.2 Å². The Kier molecular flexibility index (Phi) is 3.92. The van der Waals surface area contributed by atoms with E-state index in [4.69, 9.17) is 27.9 Å². The lowest BCUT2D eigenvalue weighted by atomic mass is 10.1. The minimum atomic E-state index is -0.346. The predicted molar refractivity (Wildman–Crippen MR) is 85.0 cm³/mol. The van der Waals surface area contributed by atoms with Crippen molar-refractivity contribution >= 4 is 46.4 Å². The lowest BCUT2D eigenvalue weighted by Crippen LogP contribution is -2.25. The van der Waals surface area contributed by atoms with Crippen LogP contribution in [0.15, 0.2) is 36.4 Å². The molecule has 0 saturated heterocycles. The summed E-state index contributed by atoms with van der Waals surface area (Å²) in [6, 6.07) is 9.55. The molecule has 112 valence electrons. The van der Waals surface area contributed by atoms with Gasteiger partial charge < -0.3 is 15.4 Å². The number of hydrogen-bond donors (Lipinski definition) is 2. The molecule has 0 aromatic heterocycles. The Morgan fingerprint density at radius 1 is 1.14 bits per heavy atom. The molecule has 0 bridgehead atoms. The molecule has 0 aliphatic carbocycles. The van der Waals surface area contributed by atoms with Crippen LogP contribution in [0.3, 0.4) is 0 Å². The summed E-state index contributed by atoms with van der Waals surface area (Å²) in [6.45, 7) is -0.0282. The molecule has 1 heterocycles. The van der Waals surface area contributed by atoms with Gasteiger partial charge in [-0.3, -0.25) is 9.59 Å². The molecule has 2 aromatic carbocycles. The first-order chi connectivity index (χ1) is 10.5. The number of ether oxygens (including phenoxy) is 1. The van der Waals surface area contributed by atoms with Crippen molar-refractivity contribution in [3.05, 3.63) is 52.0 Å². The van der Waals surface area contributed by atoms with Gasteiger partial charge in [0, 0.05) is 21.3 Å². The van der Waals surface area contributed by atoms with E-state index < -0.39 is 0 Å². The summed E-state index contributed by atoms with van der Waals surface area (Å²) < 4.78 is 5.24. The number of nitrogens with one attached hydrogen (secondary N) is 2. The van der Waals surface area contributed by atoms with Crippen LogP contribution in [0.25, 0.3) is 0 Å². The van der Waals surface area contributed by atoms with Crippen LogP contribution in [0.2, 0.25) is 10.0 Å². The quantitative estimate of drug-likeness (QED) is 0.880. The summed E-state index contributed by atoms with van der Waals surface area (Å²) >= 11 is 11.8. The van der Waals surface area contributed by atoms with Gasteiger partial charge in [-0.05, 0) is 36.4 Å². The van der Waals surface area contributed by atoms with Gasteiger partial charge >= 0.3 is 0 Å². The Labute approximate surface area is 136 Å². The highest BCUT2D eigenvalue weighted by atomic mass is 35.5. The Bertz CT molecular complexity index is 757. The molecule has 7 heteroatoms. The Balaban J connectivity index is 1.83. The fraction of sp³-hybridized carbons (Fsp3) is 0.0667. The van der Waals surface area contributed by atoms with Gasteiger partial charge in [-0.25, -0.2) is 0 Å². The number of halogens is 2. The Morgan fingerprint density at radius 3 is 2.59 bits per heavy atom. The smallest absolute Gasteiger partial charge is 0.262 e. The number of fused-ring (bicyclic) bond motifs is 1. The number of benzene rings is 2. The largest absolute Gasteiger partial charge is 0.482 e. The van der Waals surface area contributed by atoms with E-state index in [2.05, 4.69) is 10.6 Å². The van der Waals surface area contributed by atoms with E-state index in [0.717, 1.165) is 0 Å². The normalized spacial score (nSPS) is 12.9. The predicted octanol–water partition coefficient (Wildman–Crippen LogP) is 3.58. The van der Waals surface area contributed by atoms with Gasteiger partial charge in [-0.15, -0.1) is 0 Å². The maximum Gasteiger partial charge on any atom is 0.262 e. The maximum atomic E-state index is 12.3. The summed E-state index contributed by atoms with van der Waals surface area (Å²) in [5, 5.41) is 6.20. The van der Waals surface area contributed by atoms with Gasteiger partial charge in [-0.1, -0.05) is 23.2 Å². The SMILES string of the molecule is O=C1COc2ccc(C(=O)Nc3cc(Cl)cc(Cl)c3)cc2N1. The topological polar surface area (TPSA) is 67.4 Å². The lowest BCUT2D eigenvalue weighted by Gasteiger charge is -2.18. The van der Waals surface area contributed by atoms with E-state index in [-0.39, 0.29) is 18.4 Å². The number of amides is 2. The van der Waals surface area contributed by atoms with Crippen molar-refractivity contribution in [1.82, 2.24) is 0 Å². The third-order valence-electron chi connectivity index (χ3n) is 3.00. The van der Waals surface area contributed by atoms with E-state index in [1.807, 2.05) is 0 Å². The maximum absolute atomic E-state index is 12.3. The van der Waals surface area contributed by atoms with Crippen molar-refractivity contribution in [2.24, 2.45) is 0 Å².